The third-order valence-electron chi connectivity index (χ3n) is 4.74. The Labute approximate surface area is 200 Å². The van der Waals surface area contributed by atoms with Crippen LogP contribution in [-0.2, 0) is 18.9 Å². The molecule has 30 heavy (non-hydrogen) atoms. The van der Waals surface area contributed by atoms with Crippen LogP contribution in [0.2, 0.25) is 12.1 Å². The van der Waals surface area contributed by atoms with Crippen molar-refractivity contribution < 1.29 is 18.9 Å². The van der Waals surface area contributed by atoms with E-state index in [1.54, 1.807) is 0 Å². The largest absolute Gasteiger partial charge is 0.354 e. The smallest absolute Gasteiger partial charge is 0.154 e. The molecule has 0 saturated carbocycles. The van der Waals surface area contributed by atoms with Gasteiger partial charge in [-0.1, -0.05) is 88.1 Å². The van der Waals surface area contributed by atoms with E-state index in [1.165, 1.54) is 24.9 Å². The van der Waals surface area contributed by atoms with Gasteiger partial charge in [0.25, 0.3) is 0 Å². The molecule has 0 unspecified atom stereocenters. The fourth-order valence-electron chi connectivity index (χ4n) is 2.99. The van der Waals surface area contributed by atoms with Gasteiger partial charge in [-0.3, -0.25) is 0 Å². The van der Waals surface area contributed by atoms with Crippen LogP contribution < -0.4 is 0 Å². The van der Waals surface area contributed by atoms with Crippen LogP contribution in [-0.4, -0.2) is 67.8 Å². The molecule has 0 radical (unpaired) electrons. The van der Waals surface area contributed by atoms with E-state index in [4.69, 9.17) is 18.9 Å². The summed E-state index contributed by atoms with van der Waals surface area (Å²) in [4.78, 5) is 0. The predicted octanol–water partition coefficient (Wildman–Crippen LogP) is 5.38. The molecule has 0 aromatic heterocycles. The molecule has 0 atom stereocenters. The lowest BCUT2D eigenvalue weighted by atomic mass is 10.5. The fourth-order valence-corrected chi connectivity index (χ4v) is 11.0. The average molecular weight is 499 g/mol. The molecule has 0 rings (SSSR count). The second kappa shape index (κ2) is 20.6. The highest BCUT2D eigenvalue weighted by Gasteiger charge is 2.34. The van der Waals surface area contributed by atoms with Crippen molar-refractivity contribution in [3.05, 3.63) is 0 Å². The zero-order chi connectivity index (χ0) is 22.6. The van der Waals surface area contributed by atoms with Crippen LogP contribution >= 0.6 is 21.6 Å². The molecule has 0 aliphatic heterocycles. The first-order valence-electron chi connectivity index (χ1n) is 12.4. The first-order chi connectivity index (χ1) is 14.6. The molecular formula is C22H50O4S2Si2. The molecular weight excluding hydrogens is 449 g/mol. The molecule has 0 aromatic rings. The van der Waals surface area contributed by atoms with Crippen molar-refractivity contribution in [2.75, 3.05) is 37.9 Å². The standard InChI is InChI=1S/C22H50O4S2Si2/c1-7-13-23-21(24-14-8-2,29-17-11-5)19-27-28-20-22(25-15-9-3,26-16-10-4)30-18-12-6/h7-20,29-30H2,1-6H3. The lowest BCUT2D eigenvalue weighted by Gasteiger charge is -2.35. The maximum absolute atomic E-state index is 6.36. The van der Waals surface area contributed by atoms with Gasteiger partial charge in [0.2, 0.25) is 0 Å². The van der Waals surface area contributed by atoms with Gasteiger partial charge in [-0.25, -0.2) is 0 Å². The third-order valence-corrected chi connectivity index (χ3v) is 12.9. The van der Waals surface area contributed by atoms with Gasteiger partial charge in [-0.05, 0) is 25.7 Å². The van der Waals surface area contributed by atoms with Gasteiger partial charge >= 0.3 is 0 Å². The molecule has 8 heteroatoms. The lowest BCUT2D eigenvalue weighted by Crippen LogP contribution is -2.46. The van der Waals surface area contributed by atoms with Crippen LogP contribution in [0, 0.1) is 0 Å². The summed E-state index contributed by atoms with van der Waals surface area (Å²) in [6.07, 6.45) is 6.60. The maximum atomic E-state index is 6.36. The zero-order valence-corrected chi connectivity index (χ0v) is 25.2. The first-order valence-corrected chi connectivity index (χ1v) is 18.3. The van der Waals surface area contributed by atoms with Gasteiger partial charge in [-0.15, -0.1) is 0 Å². The molecule has 0 spiro atoms. The topological polar surface area (TPSA) is 36.9 Å². The van der Waals surface area contributed by atoms with Crippen molar-refractivity contribution >= 4 is 40.6 Å². The highest BCUT2D eigenvalue weighted by Crippen LogP contribution is 2.33. The van der Waals surface area contributed by atoms with Crippen molar-refractivity contribution in [3.8, 4) is 0 Å². The van der Waals surface area contributed by atoms with Crippen molar-refractivity contribution in [3.63, 3.8) is 0 Å². The number of hydrogen-bond acceptors (Lipinski definition) is 6. The van der Waals surface area contributed by atoms with Crippen LogP contribution in [0.1, 0.15) is 80.1 Å². The van der Waals surface area contributed by atoms with E-state index >= 15 is 0 Å². The van der Waals surface area contributed by atoms with Crippen molar-refractivity contribution in [1.29, 1.82) is 0 Å². The van der Waals surface area contributed by atoms with Crippen LogP contribution in [0.15, 0.2) is 0 Å². The van der Waals surface area contributed by atoms with Crippen molar-refractivity contribution in [2.45, 2.75) is 103 Å². The molecule has 4 nitrogen and oxygen atoms in total. The summed E-state index contributed by atoms with van der Waals surface area (Å²) in [5.41, 5.74) is -0.643. The molecule has 0 aromatic carbocycles. The van der Waals surface area contributed by atoms with Crippen LogP contribution in [0.25, 0.3) is 0 Å². The maximum Gasteiger partial charge on any atom is 0.154 e. The Morgan fingerprint density at radius 3 is 1.03 bits per heavy atom. The summed E-state index contributed by atoms with van der Waals surface area (Å²) in [6, 6.07) is 2.54. The lowest BCUT2D eigenvalue weighted by molar-refractivity contribution is -0.166. The van der Waals surface area contributed by atoms with E-state index in [0.717, 1.165) is 63.6 Å². The average Bonchev–Trinajstić information content (AvgIpc) is 2.77. The third kappa shape index (κ3) is 14.2. The minimum Gasteiger partial charge on any atom is -0.354 e. The molecule has 0 aliphatic carbocycles. The second-order valence-corrected chi connectivity index (χ2v) is 15.0. The summed E-state index contributed by atoms with van der Waals surface area (Å²) < 4.78 is 25.4. The Hall–Kier alpha value is 0.974. The highest BCUT2D eigenvalue weighted by molar-refractivity contribution is 8.76. The molecule has 0 amide bonds. The monoisotopic (exact) mass is 498 g/mol. The summed E-state index contributed by atoms with van der Waals surface area (Å²) in [5.74, 6) is 1.83. The molecule has 0 fully saturated rings. The Bertz CT molecular complexity index is 301. The van der Waals surface area contributed by atoms with E-state index in [2.05, 4.69) is 41.5 Å². The first kappa shape index (κ1) is 31.0. The molecule has 0 aliphatic rings. The molecule has 0 N–H and O–H groups in total. The molecule has 0 heterocycles. The Morgan fingerprint density at radius 2 is 0.800 bits per heavy atom. The van der Waals surface area contributed by atoms with E-state index in [-0.39, 0.29) is 10.8 Å². The number of ether oxygens (including phenoxy) is 4. The van der Waals surface area contributed by atoms with Gasteiger partial charge in [0.05, 0.1) is 30.5 Å². The van der Waals surface area contributed by atoms with E-state index in [9.17, 15) is 0 Å². The van der Waals surface area contributed by atoms with Gasteiger partial charge in [0.1, 0.15) is 0 Å². The minimum absolute atomic E-state index is 0.322. The molecule has 0 saturated heterocycles. The Morgan fingerprint density at radius 1 is 0.500 bits per heavy atom. The highest BCUT2D eigenvalue weighted by atomic mass is 33.1. The summed E-state index contributed by atoms with van der Waals surface area (Å²) >= 11 is 0. The fraction of sp³-hybridized carbons (Fsp3) is 1.00. The normalized spacial score (nSPS) is 13.4. The molecule has 182 valence electrons. The summed E-state index contributed by atoms with van der Waals surface area (Å²) in [7, 11) is 2.89. The van der Waals surface area contributed by atoms with Gasteiger partial charge in [-0.2, -0.15) is 0 Å². The predicted molar refractivity (Wildman–Crippen MR) is 143 cm³/mol. The van der Waals surface area contributed by atoms with Crippen molar-refractivity contribution in [2.24, 2.45) is 0 Å². The Kier molecular flexibility index (Phi) is 21.2. The van der Waals surface area contributed by atoms with Crippen LogP contribution in [0.3, 0.4) is 0 Å². The Balaban J connectivity index is 5.02. The van der Waals surface area contributed by atoms with E-state index < -0.39 is 19.0 Å². The van der Waals surface area contributed by atoms with Gasteiger partial charge < -0.3 is 18.9 Å². The summed E-state index contributed by atoms with van der Waals surface area (Å²) in [6.45, 7) is 16.4. The number of rotatable bonds is 23. The van der Waals surface area contributed by atoms with Crippen LogP contribution in [0.4, 0.5) is 0 Å². The quantitative estimate of drug-likeness (QED) is 0.0815. The number of hydrogen-bond donors (Lipinski definition) is 0. The van der Waals surface area contributed by atoms with E-state index in [0.29, 0.717) is 0 Å². The molecule has 0 bridgehead atoms. The van der Waals surface area contributed by atoms with Crippen LogP contribution in [0.5, 0.6) is 0 Å². The SMILES string of the molecule is CCCOC(CSSCC(OCCC)(OCCC)[SiH2]CCC)(OCCC)[SiH2]CCC. The zero-order valence-electron chi connectivity index (χ0n) is 20.8. The minimum atomic E-state index is -0.457. The summed E-state index contributed by atoms with van der Waals surface area (Å²) in [5, 5.41) is 0. The van der Waals surface area contributed by atoms with Gasteiger partial charge in [0.15, 0.2) is 10.8 Å². The van der Waals surface area contributed by atoms with Crippen molar-refractivity contribution in [1.82, 2.24) is 0 Å². The second-order valence-electron chi connectivity index (χ2n) is 7.95. The van der Waals surface area contributed by atoms with Gasteiger partial charge in [0, 0.05) is 26.4 Å². The van der Waals surface area contributed by atoms with E-state index in [1.807, 2.05) is 21.6 Å².